The van der Waals surface area contributed by atoms with E-state index in [2.05, 4.69) is 200 Å². The topological polar surface area (TPSA) is 48.5 Å². The smallest absolute Gasteiger partial charge is 0.166 e. The zero-order valence-corrected chi connectivity index (χ0v) is 36.6. The van der Waals surface area contributed by atoms with E-state index in [0.29, 0.717) is 17.5 Å². The van der Waals surface area contributed by atoms with Crippen LogP contribution < -0.4 is 0 Å². The number of aromatic nitrogens is 5. The van der Waals surface area contributed by atoms with Gasteiger partial charge in [0.25, 0.3) is 0 Å². The summed E-state index contributed by atoms with van der Waals surface area (Å²) in [5.41, 5.74) is 17.3. The molecule has 0 aliphatic heterocycles. The lowest BCUT2D eigenvalue weighted by atomic mass is 9.95. The van der Waals surface area contributed by atoms with Crippen molar-refractivity contribution >= 4 is 38.3 Å². The molecule has 3 aromatic heterocycles. The summed E-state index contributed by atoms with van der Waals surface area (Å²) in [5, 5.41) is 3.54. The number of benzene rings is 8. The van der Waals surface area contributed by atoms with Crippen molar-refractivity contribution in [3.05, 3.63) is 241 Å². The fraction of sp³-hybridized carbons (Fsp3) is 0.0500. The molecule has 5 nitrogen and oxygen atoms in total. The van der Waals surface area contributed by atoms with Crippen molar-refractivity contribution in [3.8, 4) is 56.7 Å². The Morgan fingerprint density at radius 2 is 1.00 bits per heavy atom. The Balaban J connectivity index is 1.21. The number of hydrogen-bond donors (Lipinski definition) is 0. The molecule has 0 saturated carbocycles. The molecule has 11 aromatic rings. The first-order valence-electron chi connectivity index (χ1n) is 22.1. The Morgan fingerprint density at radius 3 is 1.65 bits per heavy atom. The monoisotopic (exact) mass is 835 g/mol. The van der Waals surface area contributed by atoms with Gasteiger partial charge < -0.3 is 9.13 Å². The maximum atomic E-state index is 5.36. The van der Waals surface area contributed by atoms with Gasteiger partial charge in [-0.05, 0) is 91.6 Å². The van der Waals surface area contributed by atoms with Crippen molar-refractivity contribution in [2.45, 2.75) is 20.8 Å². The van der Waals surface area contributed by atoms with Crippen molar-refractivity contribution in [2.75, 3.05) is 0 Å². The van der Waals surface area contributed by atoms with Crippen LogP contribution in [0.25, 0.3) is 94.9 Å². The molecule has 5 heteroatoms. The average molecular weight is 836 g/mol. The second-order valence-electron chi connectivity index (χ2n) is 16.7. The van der Waals surface area contributed by atoms with Crippen molar-refractivity contribution in [3.63, 3.8) is 0 Å². The first kappa shape index (κ1) is 39.4. The first-order valence-corrected chi connectivity index (χ1v) is 22.1. The highest BCUT2D eigenvalue weighted by atomic mass is 15.1. The maximum Gasteiger partial charge on any atom is 0.166 e. The summed E-state index contributed by atoms with van der Waals surface area (Å²) >= 11 is 0. The van der Waals surface area contributed by atoms with Gasteiger partial charge in [0.2, 0.25) is 0 Å². The predicted octanol–water partition coefficient (Wildman–Crippen LogP) is 15.1. The normalized spacial score (nSPS) is 11.8. The van der Waals surface area contributed by atoms with Crippen LogP contribution in [-0.4, -0.2) is 24.1 Å². The lowest BCUT2D eigenvalue weighted by molar-refractivity contribution is 1.06. The molecule has 0 fully saturated rings. The Morgan fingerprint density at radius 1 is 0.446 bits per heavy atom. The highest BCUT2D eigenvalue weighted by Gasteiger charge is 2.24. The number of aryl methyl sites for hydroxylation is 3. The molecule has 0 N–H and O–H groups in total. The van der Waals surface area contributed by atoms with Crippen LogP contribution in [0.4, 0.5) is 0 Å². The van der Waals surface area contributed by atoms with Crippen LogP contribution in [0.3, 0.4) is 0 Å². The quantitative estimate of drug-likeness (QED) is 0.136. The van der Waals surface area contributed by atoms with E-state index in [1.165, 1.54) is 44.0 Å². The fourth-order valence-electron chi connectivity index (χ4n) is 9.56. The minimum atomic E-state index is 0.575. The van der Waals surface area contributed by atoms with Crippen molar-refractivity contribution in [2.24, 2.45) is 0 Å². The largest absolute Gasteiger partial charge is 0.309 e. The summed E-state index contributed by atoms with van der Waals surface area (Å²) in [7, 11) is 0. The van der Waals surface area contributed by atoms with Crippen LogP contribution in [0.2, 0.25) is 0 Å². The van der Waals surface area contributed by atoms with E-state index >= 15 is 0 Å². The number of allylic oxidation sites excluding steroid dienone is 2. The van der Waals surface area contributed by atoms with Gasteiger partial charge in [0.15, 0.2) is 17.5 Å². The van der Waals surface area contributed by atoms with Crippen LogP contribution in [0.1, 0.15) is 27.9 Å². The number of hydrogen-bond acceptors (Lipinski definition) is 3. The van der Waals surface area contributed by atoms with E-state index in [1.54, 1.807) is 0 Å². The maximum absolute atomic E-state index is 5.36. The number of nitrogens with zero attached hydrogens (tertiary/aromatic N) is 5. The summed E-state index contributed by atoms with van der Waals surface area (Å²) in [6.45, 7) is 10.8. The van der Waals surface area contributed by atoms with E-state index in [-0.39, 0.29) is 0 Å². The third-order valence-electron chi connectivity index (χ3n) is 12.4. The Bertz CT molecular complexity index is 3550. The molecule has 0 aliphatic carbocycles. The van der Waals surface area contributed by atoms with Crippen LogP contribution in [0.15, 0.2) is 213 Å². The lowest BCUT2D eigenvalue weighted by Gasteiger charge is -2.19. The van der Waals surface area contributed by atoms with E-state index in [1.807, 2.05) is 42.5 Å². The van der Waals surface area contributed by atoms with Gasteiger partial charge in [-0.1, -0.05) is 175 Å². The van der Waals surface area contributed by atoms with Crippen molar-refractivity contribution in [1.82, 2.24) is 24.1 Å². The number of para-hydroxylation sites is 3. The van der Waals surface area contributed by atoms with Crippen molar-refractivity contribution < 1.29 is 0 Å². The number of fused-ring (bicyclic) bond motifs is 4. The molecule has 0 aliphatic rings. The Hall–Kier alpha value is -8.41. The SMILES string of the molecule is C=C/C=C(/c1ccc(-n2c3ccccc3c3cc(-c4cc(C)cc(C)c4)ccc32)c(-c2nc(-c3ccccc3)nc(-c3ccccc3)n2)c1)c1c(C)c2ccccc2n1-c1ccccc1. The first-order chi connectivity index (χ1) is 31.9. The third kappa shape index (κ3) is 7.04. The van der Waals surface area contributed by atoms with Crippen LogP contribution in [0, 0.1) is 20.8 Å². The molecular formula is C60H45N5. The molecule has 0 unspecified atom stereocenters. The standard InChI is InChI=1S/C60H45N5/c1-5-19-49(57-41(4)48-26-15-17-28-53(48)64(57)47-24-13-8-14-25-47)45-31-33-56(52(38-45)60-62-58(42-20-9-6-10-21-42)61-59(63-60)43-22-11-7-12-23-43)65-54-29-18-16-27-50(54)51-37-44(30-32-55(51)65)46-35-39(2)34-40(3)36-46/h5-38H,1H2,2-4H3/b49-19-. The zero-order chi connectivity index (χ0) is 44.0. The van der Waals surface area contributed by atoms with Gasteiger partial charge in [0.1, 0.15) is 0 Å². The zero-order valence-electron chi connectivity index (χ0n) is 36.6. The van der Waals surface area contributed by atoms with Gasteiger partial charge in [-0.3, -0.25) is 0 Å². The molecular weight excluding hydrogens is 791 g/mol. The summed E-state index contributed by atoms with van der Waals surface area (Å²) < 4.78 is 4.75. The minimum Gasteiger partial charge on any atom is -0.309 e. The summed E-state index contributed by atoms with van der Waals surface area (Å²) in [4.78, 5) is 15.8. The molecule has 0 saturated heterocycles. The Labute approximate surface area is 379 Å². The summed E-state index contributed by atoms with van der Waals surface area (Å²) in [6.07, 6.45) is 4.02. The highest BCUT2D eigenvalue weighted by molar-refractivity contribution is 6.11. The second-order valence-corrected chi connectivity index (χ2v) is 16.7. The van der Waals surface area contributed by atoms with E-state index < -0.39 is 0 Å². The van der Waals surface area contributed by atoms with Gasteiger partial charge in [0.05, 0.1) is 27.9 Å². The minimum absolute atomic E-state index is 0.575. The van der Waals surface area contributed by atoms with Gasteiger partial charge in [-0.15, -0.1) is 0 Å². The molecule has 0 spiro atoms. The predicted molar refractivity (Wildman–Crippen MR) is 271 cm³/mol. The summed E-state index contributed by atoms with van der Waals surface area (Å²) in [6, 6.07) is 68.7. The van der Waals surface area contributed by atoms with Crippen LogP contribution in [-0.2, 0) is 0 Å². The second kappa shape index (κ2) is 16.4. The van der Waals surface area contributed by atoms with E-state index in [0.717, 1.165) is 61.4 Å². The molecule has 65 heavy (non-hydrogen) atoms. The molecule has 0 atom stereocenters. The highest BCUT2D eigenvalue weighted by Crippen LogP contribution is 2.42. The molecule has 0 bridgehead atoms. The van der Waals surface area contributed by atoms with Crippen LogP contribution >= 0.6 is 0 Å². The summed E-state index contributed by atoms with van der Waals surface area (Å²) in [5.74, 6) is 1.78. The van der Waals surface area contributed by atoms with Gasteiger partial charge >= 0.3 is 0 Å². The molecule has 0 radical (unpaired) electrons. The molecule has 3 heterocycles. The lowest BCUT2D eigenvalue weighted by Crippen LogP contribution is -2.06. The van der Waals surface area contributed by atoms with Crippen molar-refractivity contribution in [1.29, 1.82) is 0 Å². The molecule has 0 amide bonds. The number of rotatable bonds is 9. The third-order valence-corrected chi connectivity index (χ3v) is 12.4. The van der Waals surface area contributed by atoms with Gasteiger partial charge in [-0.2, -0.15) is 0 Å². The van der Waals surface area contributed by atoms with Gasteiger partial charge in [-0.25, -0.2) is 15.0 Å². The molecule has 310 valence electrons. The average Bonchev–Trinajstić information content (AvgIpc) is 3.84. The molecule has 11 rings (SSSR count). The van der Waals surface area contributed by atoms with E-state index in [4.69, 9.17) is 15.0 Å². The van der Waals surface area contributed by atoms with Crippen LogP contribution in [0.5, 0.6) is 0 Å². The molecule has 8 aromatic carbocycles. The fourth-order valence-corrected chi connectivity index (χ4v) is 9.56. The van der Waals surface area contributed by atoms with E-state index in [9.17, 15) is 0 Å². The Kier molecular flexibility index (Phi) is 9.93. The van der Waals surface area contributed by atoms with Gasteiger partial charge in [0, 0.05) is 44.1 Å².